The minimum atomic E-state index is -2.51. The standard InChI is InChI=1S/C30H29OPS/c1-20-18-26(30(2,3)4)28(31)27(19-20)32(33,21-12-6-5-7-13-21)29-24-16-10-8-14-22(24)23-15-9-11-17-25(23)29/h5-19,29,31H,1-4H3. The van der Waals surface area contributed by atoms with Gasteiger partial charge in [-0.25, -0.2) is 0 Å². The Labute approximate surface area is 202 Å². The molecule has 1 N–H and O–H groups in total. The van der Waals surface area contributed by atoms with Crippen molar-refractivity contribution >= 4 is 28.5 Å². The average Bonchev–Trinajstić information content (AvgIpc) is 3.15. The van der Waals surface area contributed by atoms with Crippen LogP contribution in [0.2, 0.25) is 0 Å². The zero-order valence-corrected chi connectivity index (χ0v) is 21.3. The summed E-state index contributed by atoms with van der Waals surface area (Å²) in [6.45, 7) is 8.56. The van der Waals surface area contributed by atoms with E-state index in [-0.39, 0.29) is 11.1 Å². The number of phenolic OH excluding ortho intramolecular Hbond substituents is 1. The molecule has 0 saturated carbocycles. The van der Waals surface area contributed by atoms with Crippen molar-refractivity contribution in [3.63, 3.8) is 0 Å². The van der Waals surface area contributed by atoms with E-state index >= 15 is 0 Å². The van der Waals surface area contributed by atoms with Gasteiger partial charge < -0.3 is 5.11 Å². The second-order valence-electron chi connectivity index (χ2n) is 10.0. The molecule has 1 aliphatic rings. The third-order valence-electron chi connectivity index (χ3n) is 6.70. The predicted octanol–water partition coefficient (Wildman–Crippen LogP) is 7.20. The van der Waals surface area contributed by atoms with Crippen LogP contribution in [0.25, 0.3) is 11.1 Å². The highest BCUT2D eigenvalue weighted by atomic mass is 32.4. The fourth-order valence-electron chi connectivity index (χ4n) is 5.18. The number of rotatable bonds is 3. The third-order valence-corrected chi connectivity index (χ3v) is 12.0. The highest BCUT2D eigenvalue weighted by molar-refractivity contribution is 8.22. The second-order valence-corrected chi connectivity index (χ2v) is 14.6. The van der Waals surface area contributed by atoms with Crippen molar-refractivity contribution in [3.8, 4) is 16.9 Å². The van der Waals surface area contributed by atoms with Gasteiger partial charge in [-0.3, -0.25) is 0 Å². The maximum absolute atomic E-state index is 11.8. The van der Waals surface area contributed by atoms with Crippen LogP contribution in [0.3, 0.4) is 0 Å². The number of hydrogen-bond acceptors (Lipinski definition) is 2. The van der Waals surface area contributed by atoms with Crippen LogP contribution in [0.4, 0.5) is 0 Å². The summed E-state index contributed by atoms with van der Waals surface area (Å²) in [5, 5.41) is 13.8. The van der Waals surface area contributed by atoms with Crippen molar-refractivity contribution in [1.29, 1.82) is 0 Å². The molecule has 3 heteroatoms. The summed E-state index contributed by atoms with van der Waals surface area (Å²) in [7, 11) is 0. The summed E-state index contributed by atoms with van der Waals surface area (Å²) in [6.07, 6.45) is 0. The van der Waals surface area contributed by atoms with E-state index in [0.29, 0.717) is 5.75 Å². The van der Waals surface area contributed by atoms with Crippen molar-refractivity contribution in [2.75, 3.05) is 0 Å². The first-order valence-electron chi connectivity index (χ1n) is 11.4. The van der Waals surface area contributed by atoms with Gasteiger partial charge in [-0.1, -0.05) is 118 Å². The summed E-state index contributed by atoms with van der Waals surface area (Å²) in [6, 6.07) is 29.5. The number of benzene rings is 4. The van der Waals surface area contributed by atoms with Gasteiger partial charge in [-0.05, 0) is 51.5 Å². The lowest BCUT2D eigenvalue weighted by atomic mass is 9.85. The van der Waals surface area contributed by atoms with Crippen molar-refractivity contribution in [3.05, 3.63) is 113 Å². The number of fused-ring (bicyclic) bond motifs is 3. The molecule has 0 bridgehead atoms. The molecule has 1 unspecified atom stereocenters. The van der Waals surface area contributed by atoms with Gasteiger partial charge in [0.05, 0.1) is 0 Å². The lowest BCUT2D eigenvalue weighted by Gasteiger charge is -2.34. The van der Waals surface area contributed by atoms with Crippen molar-refractivity contribution in [2.45, 2.75) is 38.8 Å². The SMILES string of the molecule is Cc1cc(C(C)(C)C)c(O)c(P(=S)(c2ccccc2)C2c3ccccc3-c3ccccc32)c1. The van der Waals surface area contributed by atoms with Gasteiger partial charge in [0.2, 0.25) is 0 Å². The molecule has 166 valence electrons. The molecule has 0 radical (unpaired) electrons. The molecule has 0 aromatic heterocycles. The highest BCUT2D eigenvalue weighted by Crippen LogP contribution is 2.67. The van der Waals surface area contributed by atoms with Crippen LogP contribution in [0, 0.1) is 6.92 Å². The van der Waals surface area contributed by atoms with E-state index in [4.69, 9.17) is 11.8 Å². The number of aryl methyl sites for hydroxylation is 1. The molecule has 5 rings (SSSR count). The summed E-state index contributed by atoms with van der Waals surface area (Å²) in [4.78, 5) is 0. The number of hydrogen-bond donors (Lipinski definition) is 1. The summed E-state index contributed by atoms with van der Waals surface area (Å²) in [5.41, 5.74) is 6.97. The molecule has 1 atom stereocenters. The zero-order chi connectivity index (χ0) is 23.4. The van der Waals surface area contributed by atoms with Crippen molar-refractivity contribution < 1.29 is 5.11 Å². The molecule has 1 nitrogen and oxygen atoms in total. The van der Waals surface area contributed by atoms with E-state index in [0.717, 1.165) is 21.7 Å². The van der Waals surface area contributed by atoms with Gasteiger partial charge in [0.1, 0.15) is 5.75 Å². The monoisotopic (exact) mass is 468 g/mol. The van der Waals surface area contributed by atoms with Gasteiger partial charge in [0.15, 0.2) is 0 Å². The lowest BCUT2D eigenvalue weighted by Crippen LogP contribution is -2.24. The third kappa shape index (κ3) is 3.48. The molecule has 0 amide bonds. The second kappa shape index (κ2) is 7.97. The molecular formula is C30H29OPS. The average molecular weight is 469 g/mol. The maximum atomic E-state index is 11.8. The molecule has 0 spiro atoms. The Morgan fingerprint density at radius 1 is 0.758 bits per heavy atom. The Balaban J connectivity index is 1.90. The fourth-order valence-corrected chi connectivity index (χ4v) is 10.2. The zero-order valence-electron chi connectivity index (χ0n) is 19.5. The highest BCUT2D eigenvalue weighted by Gasteiger charge is 2.42. The van der Waals surface area contributed by atoms with Crippen LogP contribution in [-0.2, 0) is 17.2 Å². The van der Waals surface area contributed by atoms with E-state index < -0.39 is 6.04 Å². The largest absolute Gasteiger partial charge is 0.507 e. The van der Waals surface area contributed by atoms with Crippen molar-refractivity contribution in [2.24, 2.45) is 0 Å². The summed E-state index contributed by atoms with van der Waals surface area (Å²) < 4.78 is 0. The van der Waals surface area contributed by atoms with E-state index in [9.17, 15) is 5.11 Å². The molecule has 4 aromatic rings. The first-order chi connectivity index (χ1) is 15.7. The molecule has 0 heterocycles. The fraction of sp³-hybridized carbons (Fsp3) is 0.200. The van der Waals surface area contributed by atoms with Gasteiger partial charge >= 0.3 is 0 Å². The van der Waals surface area contributed by atoms with Gasteiger partial charge in [0, 0.05) is 22.6 Å². The Morgan fingerprint density at radius 2 is 1.27 bits per heavy atom. The predicted molar refractivity (Wildman–Crippen MR) is 145 cm³/mol. The first-order valence-corrected chi connectivity index (χ1v) is 14.3. The molecule has 33 heavy (non-hydrogen) atoms. The maximum Gasteiger partial charge on any atom is 0.128 e. The van der Waals surface area contributed by atoms with E-state index in [2.05, 4.69) is 113 Å². The molecule has 1 aliphatic carbocycles. The Hall–Kier alpha value is -2.67. The summed E-state index contributed by atoms with van der Waals surface area (Å²) in [5.74, 6) is 0.363. The minimum absolute atomic E-state index is 0.0165. The normalized spacial score (nSPS) is 15.0. The quantitative estimate of drug-likeness (QED) is 0.321. The molecular weight excluding hydrogens is 439 g/mol. The van der Waals surface area contributed by atoms with Crippen LogP contribution < -0.4 is 10.6 Å². The van der Waals surface area contributed by atoms with Crippen LogP contribution in [0.1, 0.15) is 48.7 Å². The van der Waals surface area contributed by atoms with E-state index in [1.807, 2.05) is 6.07 Å². The van der Waals surface area contributed by atoms with Crippen molar-refractivity contribution in [1.82, 2.24) is 0 Å². The van der Waals surface area contributed by atoms with Gasteiger partial charge in [0.25, 0.3) is 0 Å². The van der Waals surface area contributed by atoms with Crippen LogP contribution in [0.5, 0.6) is 5.75 Å². The number of phenols is 1. The molecule has 4 aromatic carbocycles. The minimum Gasteiger partial charge on any atom is -0.507 e. The van der Waals surface area contributed by atoms with Crippen LogP contribution in [-0.4, -0.2) is 5.11 Å². The molecule has 0 aliphatic heterocycles. The van der Waals surface area contributed by atoms with Gasteiger partial charge in [-0.15, -0.1) is 0 Å². The Morgan fingerprint density at radius 3 is 1.82 bits per heavy atom. The smallest absolute Gasteiger partial charge is 0.128 e. The topological polar surface area (TPSA) is 20.2 Å². The van der Waals surface area contributed by atoms with Crippen LogP contribution >= 0.6 is 6.04 Å². The lowest BCUT2D eigenvalue weighted by molar-refractivity contribution is 0.450. The van der Waals surface area contributed by atoms with Crippen LogP contribution in [0.15, 0.2) is 91.0 Å². The Kier molecular flexibility index (Phi) is 5.35. The van der Waals surface area contributed by atoms with Gasteiger partial charge in [-0.2, -0.15) is 0 Å². The van der Waals surface area contributed by atoms with E-state index in [1.54, 1.807) is 0 Å². The first kappa shape index (κ1) is 22.1. The molecule has 0 saturated heterocycles. The number of aromatic hydroxyl groups is 1. The summed E-state index contributed by atoms with van der Waals surface area (Å²) >= 11 is 6.83. The Bertz CT molecular complexity index is 1350. The molecule has 0 fully saturated rings. The van der Waals surface area contributed by atoms with E-state index in [1.165, 1.54) is 22.3 Å².